The molecule has 0 aliphatic rings. The van der Waals surface area contributed by atoms with E-state index in [1.54, 1.807) is 13.0 Å². The van der Waals surface area contributed by atoms with Gasteiger partial charge in [0.05, 0.1) is 0 Å². The van der Waals surface area contributed by atoms with E-state index in [9.17, 15) is 4.79 Å². The van der Waals surface area contributed by atoms with Crippen molar-refractivity contribution in [2.24, 2.45) is 0 Å². The first-order chi connectivity index (χ1) is 9.91. The van der Waals surface area contributed by atoms with E-state index < -0.39 is 5.97 Å². The Morgan fingerprint density at radius 3 is 2.19 bits per heavy atom. The third-order valence-corrected chi connectivity index (χ3v) is 2.56. The standard InChI is InChI=1S/C19H26O2/c1-16(2)11-8-6-5-7-9-12-17(3)13-10-14-18(4)15-19(20)21/h5,7,9-15H,6,8H2,1-4H3,(H,20,21)/b7-5+,12-9+,14-10+,17-13+,18-15+. The lowest BCUT2D eigenvalue weighted by Crippen LogP contribution is -1.87. The fraction of sp³-hybridized carbons (Fsp3) is 0.316. The fourth-order valence-electron chi connectivity index (χ4n) is 1.50. The van der Waals surface area contributed by atoms with Gasteiger partial charge in [0.15, 0.2) is 0 Å². The van der Waals surface area contributed by atoms with E-state index in [-0.39, 0.29) is 0 Å². The van der Waals surface area contributed by atoms with Gasteiger partial charge in [0.1, 0.15) is 0 Å². The molecule has 0 radical (unpaired) electrons. The topological polar surface area (TPSA) is 37.3 Å². The molecule has 0 atom stereocenters. The summed E-state index contributed by atoms with van der Waals surface area (Å²) in [7, 11) is 0. The first kappa shape index (κ1) is 18.9. The second-order valence-electron chi connectivity index (χ2n) is 5.14. The first-order valence-corrected chi connectivity index (χ1v) is 7.14. The van der Waals surface area contributed by atoms with E-state index in [1.807, 2.05) is 31.2 Å². The highest BCUT2D eigenvalue weighted by molar-refractivity contribution is 5.81. The van der Waals surface area contributed by atoms with E-state index >= 15 is 0 Å². The molecule has 0 amide bonds. The highest BCUT2D eigenvalue weighted by Gasteiger charge is 1.88. The summed E-state index contributed by atoms with van der Waals surface area (Å²) in [4.78, 5) is 10.4. The molecule has 0 spiro atoms. The van der Waals surface area contributed by atoms with Crippen molar-refractivity contribution in [3.63, 3.8) is 0 Å². The molecule has 0 fully saturated rings. The van der Waals surface area contributed by atoms with Crippen LogP contribution >= 0.6 is 0 Å². The highest BCUT2D eigenvalue weighted by atomic mass is 16.4. The first-order valence-electron chi connectivity index (χ1n) is 7.14. The molecule has 0 bridgehead atoms. The van der Waals surface area contributed by atoms with Crippen LogP contribution in [0.3, 0.4) is 0 Å². The van der Waals surface area contributed by atoms with Crippen LogP contribution in [0.2, 0.25) is 0 Å². The SMILES string of the molecule is CC(C)=CCC/C=C/C=C/C(C)=C/C=C/C(C)=C/C(=O)O. The van der Waals surface area contributed by atoms with Crippen LogP contribution in [0.1, 0.15) is 40.5 Å². The van der Waals surface area contributed by atoms with Crippen LogP contribution in [-0.2, 0) is 4.79 Å². The van der Waals surface area contributed by atoms with Gasteiger partial charge in [-0.2, -0.15) is 0 Å². The summed E-state index contributed by atoms with van der Waals surface area (Å²) >= 11 is 0. The summed E-state index contributed by atoms with van der Waals surface area (Å²) in [5.74, 6) is -0.920. The van der Waals surface area contributed by atoms with Crippen molar-refractivity contribution in [1.82, 2.24) is 0 Å². The van der Waals surface area contributed by atoms with Crippen molar-refractivity contribution in [2.45, 2.75) is 40.5 Å². The third kappa shape index (κ3) is 14.1. The normalized spacial score (nSPS) is 13.5. The molecular formula is C19H26O2. The summed E-state index contributed by atoms with van der Waals surface area (Å²) in [5, 5.41) is 8.58. The van der Waals surface area contributed by atoms with Crippen molar-refractivity contribution in [3.8, 4) is 0 Å². The molecule has 0 rings (SSSR count). The van der Waals surface area contributed by atoms with Gasteiger partial charge in [-0.1, -0.05) is 59.8 Å². The number of aliphatic carboxylic acids is 1. The molecule has 114 valence electrons. The minimum Gasteiger partial charge on any atom is -0.478 e. The minimum absolute atomic E-state index is 0.717. The van der Waals surface area contributed by atoms with E-state index in [2.05, 4.69) is 32.1 Å². The Balaban J connectivity index is 4.20. The summed E-state index contributed by atoms with van der Waals surface area (Å²) in [5.41, 5.74) is 3.19. The number of carbonyl (C=O) groups is 1. The van der Waals surface area contributed by atoms with E-state index in [0.29, 0.717) is 0 Å². The Bertz CT molecular complexity index is 494. The molecule has 0 aliphatic carbocycles. The van der Waals surface area contributed by atoms with Gasteiger partial charge in [-0.05, 0) is 46.1 Å². The molecule has 2 nitrogen and oxygen atoms in total. The van der Waals surface area contributed by atoms with Crippen LogP contribution < -0.4 is 0 Å². The van der Waals surface area contributed by atoms with Crippen molar-refractivity contribution < 1.29 is 9.90 Å². The van der Waals surface area contributed by atoms with Crippen LogP contribution in [0, 0.1) is 0 Å². The average Bonchev–Trinajstić information content (AvgIpc) is 2.36. The summed E-state index contributed by atoms with van der Waals surface area (Å²) in [6.07, 6.45) is 19.4. The van der Waals surface area contributed by atoms with Crippen LogP contribution in [-0.4, -0.2) is 11.1 Å². The smallest absolute Gasteiger partial charge is 0.328 e. The Labute approximate surface area is 128 Å². The summed E-state index contributed by atoms with van der Waals surface area (Å²) < 4.78 is 0. The Morgan fingerprint density at radius 2 is 1.57 bits per heavy atom. The van der Waals surface area contributed by atoms with Gasteiger partial charge < -0.3 is 5.11 Å². The molecule has 0 unspecified atom stereocenters. The van der Waals surface area contributed by atoms with Crippen LogP contribution in [0.15, 0.2) is 71.4 Å². The Hall–Kier alpha value is -2.09. The number of hydrogen-bond donors (Lipinski definition) is 1. The molecule has 0 heterocycles. The Morgan fingerprint density at radius 1 is 0.905 bits per heavy atom. The zero-order valence-corrected chi connectivity index (χ0v) is 13.5. The van der Waals surface area contributed by atoms with Crippen LogP contribution in [0.4, 0.5) is 0 Å². The summed E-state index contributed by atoms with van der Waals surface area (Å²) in [6.45, 7) is 7.99. The molecule has 21 heavy (non-hydrogen) atoms. The fourth-order valence-corrected chi connectivity index (χ4v) is 1.50. The summed E-state index contributed by atoms with van der Waals surface area (Å²) in [6, 6.07) is 0. The predicted molar refractivity (Wildman–Crippen MR) is 91.2 cm³/mol. The van der Waals surface area contributed by atoms with Gasteiger partial charge in [0.25, 0.3) is 0 Å². The largest absolute Gasteiger partial charge is 0.478 e. The Kier molecular flexibility index (Phi) is 10.5. The second kappa shape index (κ2) is 11.7. The maximum absolute atomic E-state index is 10.4. The lowest BCUT2D eigenvalue weighted by Gasteiger charge is -1.90. The van der Waals surface area contributed by atoms with Gasteiger partial charge in [-0.3, -0.25) is 0 Å². The average molecular weight is 286 g/mol. The van der Waals surface area contributed by atoms with Gasteiger partial charge in [-0.15, -0.1) is 0 Å². The number of allylic oxidation sites excluding steroid dienone is 11. The molecule has 0 saturated heterocycles. The molecule has 1 N–H and O–H groups in total. The lowest BCUT2D eigenvalue weighted by atomic mass is 10.2. The van der Waals surface area contributed by atoms with Crippen molar-refractivity contribution >= 4 is 5.97 Å². The second-order valence-corrected chi connectivity index (χ2v) is 5.14. The van der Waals surface area contributed by atoms with Crippen molar-refractivity contribution in [3.05, 3.63) is 71.4 Å². The lowest BCUT2D eigenvalue weighted by molar-refractivity contribution is -0.131. The van der Waals surface area contributed by atoms with Crippen molar-refractivity contribution in [2.75, 3.05) is 0 Å². The predicted octanol–water partition coefficient (Wildman–Crippen LogP) is 5.38. The maximum atomic E-state index is 10.4. The van der Waals surface area contributed by atoms with Gasteiger partial charge in [-0.25, -0.2) is 4.79 Å². The van der Waals surface area contributed by atoms with Gasteiger partial charge >= 0.3 is 5.97 Å². The van der Waals surface area contributed by atoms with Crippen molar-refractivity contribution in [1.29, 1.82) is 0 Å². The van der Waals surface area contributed by atoms with Crippen LogP contribution in [0.25, 0.3) is 0 Å². The van der Waals surface area contributed by atoms with Gasteiger partial charge in [0, 0.05) is 6.08 Å². The van der Waals surface area contributed by atoms with E-state index in [0.717, 1.165) is 24.0 Å². The number of rotatable bonds is 8. The third-order valence-electron chi connectivity index (χ3n) is 2.56. The number of hydrogen-bond acceptors (Lipinski definition) is 1. The maximum Gasteiger partial charge on any atom is 0.328 e. The molecule has 0 aliphatic heterocycles. The number of carboxylic acids is 1. The molecule has 0 saturated carbocycles. The highest BCUT2D eigenvalue weighted by Crippen LogP contribution is 2.01. The molecule has 0 aromatic heterocycles. The minimum atomic E-state index is -0.920. The van der Waals surface area contributed by atoms with Gasteiger partial charge in [0.2, 0.25) is 0 Å². The molecule has 0 aromatic rings. The van der Waals surface area contributed by atoms with Crippen LogP contribution in [0.5, 0.6) is 0 Å². The molecule has 2 heteroatoms. The van der Waals surface area contributed by atoms with E-state index in [4.69, 9.17) is 5.11 Å². The number of unbranched alkanes of at least 4 members (excludes halogenated alkanes) is 1. The van der Waals surface area contributed by atoms with E-state index in [1.165, 1.54) is 11.6 Å². The zero-order chi connectivity index (χ0) is 16.1. The number of carboxylic acid groups (broad SMARTS) is 1. The quantitative estimate of drug-likeness (QED) is 0.281. The molecular weight excluding hydrogens is 260 g/mol. The zero-order valence-electron chi connectivity index (χ0n) is 13.5. The monoisotopic (exact) mass is 286 g/mol. The molecule has 0 aromatic carbocycles.